The lowest BCUT2D eigenvalue weighted by Gasteiger charge is -2.47. The van der Waals surface area contributed by atoms with Crippen molar-refractivity contribution < 1.29 is 22.7 Å². The summed E-state index contributed by atoms with van der Waals surface area (Å²) < 4.78 is 35.5. The molecule has 1 aliphatic rings. The molecule has 2 aromatic rings. The maximum atomic E-state index is 12.5. The molecule has 168 valence electrons. The molecule has 1 amide bonds. The molecule has 2 heterocycles. The first kappa shape index (κ1) is 23.0. The number of hydrogen-bond donors (Lipinski definition) is 2. The third-order valence-electron chi connectivity index (χ3n) is 5.53. The molecular weight excluding hydrogens is 420 g/mol. The number of pyridine rings is 1. The second-order valence-electron chi connectivity index (χ2n) is 7.82. The van der Waals surface area contributed by atoms with Crippen LogP contribution in [-0.4, -0.2) is 50.4 Å². The normalized spacial score (nSPS) is 16.1. The van der Waals surface area contributed by atoms with Crippen molar-refractivity contribution in [2.45, 2.75) is 32.1 Å². The minimum atomic E-state index is -3.91. The van der Waals surface area contributed by atoms with Gasteiger partial charge in [-0.05, 0) is 35.6 Å². The number of methoxy groups -OCH3 is 1. The fraction of sp³-hybridized carbons (Fsp3) is 0.429. The van der Waals surface area contributed by atoms with E-state index in [1.54, 1.807) is 6.07 Å². The number of hydrogen-bond acceptors (Lipinski definition) is 6. The molecule has 0 bridgehead atoms. The Morgan fingerprint density at radius 2 is 1.90 bits per heavy atom. The SMILES string of the molecule is CCOc1ccc(-c2cccc(C3(C(N)=O)CN(S(N)(=O)=O)C3)c2C(C)C)c(OC)n1. The molecule has 1 saturated heterocycles. The van der Waals surface area contributed by atoms with Gasteiger partial charge in [0.1, 0.15) is 5.41 Å². The first-order chi connectivity index (χ1) is 14.5. The molecule has 0 radical (unpaired) electrons. The number of primary amides is 1. The van der Waals surface area contributed by atoms with Crippen molar-refractivity contribution in [3.05, 3.63) is 41.5 Å². The van der Waals surface area contributed by atoms with Crippen molar-refractivity contribution in [1.29, 1.82) is 0 Å². The summed E-state index contributed by atoms with van der Waals surface area (Å²) in [6.07, 6.45) is 0. The number of amides is 1. The summed E-state index contributed by atoms with van der Waals surface area (Å²) in [7, 11) is -2.38. The number of rotatable bonds is 8. The van der Waals surface area contributed by atoms with Gasteiger partial charge in [-0.1, -0.05) is 32.0 Å². The minimum Gasteiger partial charge on any atom is -0.480 e. The monoisotopic (exact) mass is 448 g/mol. The zero-order valence-electron chi connectivity index (χ0n) is 18.1. The second-order valence-corrected chi connectivity index (χ2v) is 9.37. The van der Waals surface area contributed by atoms with Gasteiger partial charge in [0.2, 0.25) is 17.7 Å². The highest BCUT2D eigenvalue weighted by atomic mass is 32.2. The average molecular weight is 449 g/mol. The minimum absolute atomic E-state index is 0.00207. The number of nitrogens with zero attached hydrogens (tertiary/aromatic N) is 2. The van der Waals surface area contributed by atoms with E-state index in [4.69, 9.17) is 20.3 Å². The van der Waals surface area contributed by atoms with Gasteiger partial charge in [0, 0.05) is 24.7 Å². The number of nitrogens with two attached hydrogens (primary N) is 2. The van der Waals surface area contributed by atoms with Crippen LogP contribution in [0.25, 0.3) is 11.1 Å². The number of benzene rings is 1. The summed E-state index contributed by atoms with van der Waals surface area (Å²) in [4.78, 5) is 17.0. The highest BCUT2D eigenvalue weighted by Crippen LogP contribution is 2.44. The van der Waals surface area contributed by atoms with Crippen molar-refractivity contribution >= 4 is 16.1 Å². The predicted molar refractivity (Wildman–Crippen MR) is 117 cm³/mol. The molecule has 0 spiro atoms. The van der Waals surface area contributed by atoms with Crippen LogP contribution in [0.3, 0.4) is 0 Å². The van der Waals surface area contributed by atoms with Crippen LogP contribution in [0.15, 0.2) is 30.3 Å². The summed E-state index contributed by atoms with van der Waals surface area (Å²) in [5, 5.41) is 5.24. The van der Waals surface area contributed by atoms with Gasteiger partial charge in [-0.3, -0.25) is 4.79 Å². The van der Waals surface area contributed by atoms with Crippen LogP contribution in [0.5, 0.6) is 11.8 Å². The standard InChI is InChI=1S/C21H28N4O5S/c1-5-30-17-10-9-15(19(24-17)29-4)14-7-6-8-16(18(14)13(2)3)21(20(22)26)11-25(12-21)31(23,27)28/h6-10,13H,5,11-12H2,1-4H3,(H2,22,26)(H2,23,27,28). The Labute approximate surface area is 182 Å². The highest BCUT2D eigenvalue weighted by Gasteiger charge is 2.54. The predicted octanol–water partition coefficient (Wildman–Crippen LogP) is 1.52. The lowest BCUT2D eigenvalue weighted by molar-refractivity contribution is -0.127. The molecule has 31 heavy (non-hydrogen) atoms. The second kappa shape index (κ2) is 8.45. The van der Waals surface area contributed by atoms with Gasteiger partial charge in [0.25, 0.3) is 10.2 Å². The van der Waals surface area contributed by atoms with E-state index in [1.807, 2.05) is 45.0 Å². The molecule has 0 saturated carbocycles. The largest absolute Gasteiger partial charge is 0.480 e. The van der Waals surface area contributed by atoms with E-state index in [0.717, 1.165) is 21.0 Å². The van der Waals surface area contributed by atoms with Crippen LogP contribution >= 0.6 is 0 Å². The van der Waals surface area contributed by atoms with E-state index < -0.39 is 21.5 Å². The van der Waals surface area contributed by atoms with Crippen molar-refractivity contribution in [2.75, 3.05) is 26.8 Å². The Kier molecular flexibility index (Phi) is 6.26. The topological polar surface area (TPSA) is 138 Å². The fourth-order valence-electron chi connectivity index (χ4n) is 4.05. The third-order valence-corrected chi connectivity index (χ3v) is 6.51. The van der Waals surface area contributed by atoms with Crippen molar-refractivity contribution in [3.8, 4) is 22.9 Å². The molecule has 0 aliphatic carbocycles. The fourth-order valence-corrected chi connectivity index (χ4v) is 4.85. The van der Waals surface area contributed by atoms with E-state index in [-0.39, 0.29) is 19.0 Å². The molecule has 1 aromatic heterocycles. The van der Waals surface area contributed by atoms with Crippen LogP contribution < -0.4 is 20.3 Å². The summed E-state index contributed by atoms with van der Waals surface area (Å²) in [5.74, 6) is 0.241. The lowest BCUT2D eigenvalue weighted by atomic mass is 9.70. The Balaban J connectivity index is 2.19. The van der Waals surface area contributed by atoms with Crippen molar-refractivity contribution in [1.82, 2.24) is 9.29 Å². The molecular formula is C21H28N4O5S. The quantitative estimate of drug-likeness (QED) is 0.628. The van der Waals surface area contributed by atoms with Crippen LogP contribution in [0.2, 0.25) is 0 Å². The first-order valence-corrected chi connectivity index (χ1v) is 11.4. The molecule has 0 atom stereocenters. The molecule has 3 rings (SSSR count). The number of ether oxygens (including phenoxy) is 2. The average Bonchev–Trinajstić information content (AvgIpc) is 2.65. The van der Waals surface area contributed by atoms with E-state index in [1.165, 1.54) is 7.11 Å². The number of aromatic nitrogens is 1. The van der Waals surface area contributed by atoms with Crippen molar-refractivity contribution in [3.63, 3.8) is 0 Å². The molecule has 1 aliphatic heterocycles. The number of carbonyl (C=O) groups is 1. The van der Waals surface area contributed by atoms with Gasteiger partial charge in [-0.15, -0.1) is 0 Å². The Bertz CT molecular complexity index is 1090. The van der Waals surface area contributed by atoms with Gasteiger partial charge < -0.3 is 15.2 Å². The maximum Gasteiger partial charge on any atom is 0.276 e. The highest BCUT2D eigenvalue weighted by molar-refractivity contribution is 7.86. The Morgan fingerprint density at radius 3 is 2.42 bits per heavy atom. The first-order valence-electron chi connectivity index (χ1n) is 9.94. The smallest absolute Gasteiger partial charge is 0.276 e. The van der Waals surface area contributed by atoms with Crippen molar-refractivity contribution in [2.24, 2.45) is 10.9 Å². The van der Waals surface area contributed by atoms with E-state index in [9.17, 15) is 13.2 Å². The molecule has 0 unspecified atom stereocenters. The van der Waals surface area contributed by atoms with Gasteiger partial charge in [-0.25, -0.2) is 5.14 Å². The lowest BCUT2D eigenvalue weighted by Crippen LogP contribution is -2.68. The van der Waals surface area contributed by atoms with Crippen LogP contribution in [0.1, 0.15) is 37.8 Å². The zero-order chi connectivity index (χ0) is 23.0. The molecule has 1 aromatic carbocycles. The summed E-state index contributed by atoms with van der Waals surface area (Å²) in [5.41, 5.74) is 7.75. The molecule has 10 heteroatoms. The van der Waals surface area contributed by atoms with E-state index in [0.29, 0.717) is 23.9 Å². The Morgan fingerprint density at radius 1 is 1.23 bits per heavy atom. The number of carbonyl (C=O) groups excluding carboxylic acids is 1. The summed E-state index contributed by atoms with van der Waals surface area (Å²) in [6, 6.07) is 9.17. The van der Waals surface area contributed by atoms with Gasteiger partial charge in [0.15, 0.2) is 0 Å². The van der Waals surface area contributed by atoms with Gasteiger partial charge >= 0.3 is 0 Å². The van der Waals surface area contributed by atoms with Crippen LogP contribution in [0.4, 0.5) is 0 Å². The summed E-state index contributed by atoms with van der Waals surface area (Å²) >= 11 is 0. The van der Waals surface area contributed by atoms with E-state index >= 15 is 0 Å². The van der Waals surface area contributed by atoms with Gasteiger partial charge in [-0.2, -0.15) is 17.7 Å². The summed E-state index contributed by atoms with van der Waals surface area (Å²) in [6.45, 7) is 6.16. The van der Waals surface area contributed by atoms with Crippen LogP contribution in [-0.2, 0) is 20.4 Å². The maximum absolute atomic E-state index is 12.5. The zero-order valence-corrected chi connectivity index (χ0v) is 18.9. The third kappa shape index (κ3) is 4.10. The molecule has 4 N–H and O–H groups in total. The van der Waals surface area contributed by atoms with E-state index in [2.05, 4.69) is 4.98 Å². The molecule has 1 fully saturated rings. The van der Waals surface area contributed by atoms with Crippen LogP contribution in [0, 0.1) is 0 Å². The molecule has 9 nitrogen and oxygen atoms in total. The van der Waals surface area contributed by atoms with Gasteiger partial charge in [0.05, 0.1) is 13.7 Å². The Hall–Kier alpha value is -2.69.